The second kappa shape index (κ2) is 4.61. The topological polar surface area (TPSA) is 47.0 Å². The lowest BCUT2D eigenvalue weighted by atomic mass is 10.2. The minimum atomic E-state index is -4.52. The van der Waals surface area contributed by atoms with Gasteiger partial charge in [0.05, 0.1) is 10.6 Å². The van der Waals surface area contributed by atoms with Crippen molar-refractivity contribution in [3.63, 3.8) is 0 Å². The molecule has 0 aliphatic carbocycles. The summed E-state index contributed by atoms with van der Waals surface area (Å²) in [5, 5.41) is 0.207. The maximum absolute atomic E-state index is 12.5. The Bertz CT molecular complexity index is 705. The minimum Gasteiger partial charge on any atom is -0.232 e. The van der Waals surface area contributed by atoms with Gasteiger partial charge in [-0.1, -0.05) is 18.2 Å². The zero-order valence-corrected chi connectivity index (χ0v) is 11.2. The van der Waals surface area contributed by atoms with Gasteiger partial charge in [0, 0.05) is 17.2 Å². The standard InChI is InChI=1S/C11H8F3NO2S2/c1-19(16,17)9-5-3-2-4-7(9)8-6-18-10(15-8)11(12,13)14/h2-6H,1H3. The third kappa shape index (κ3) is 2.95. The molecule has 0 N–H and O–H groups in total. The lowest BCUT2D eigenvalue weighted by Gasteiger charge is -2.05. The Morgan fingerprint density at radius 1 is 1.21 bits per heavy atom. The summed E-state index contributed by atoms with van der Waals surface area (Å²) in [4.78, 5) is 3.42. The predicted molar refractivity (Wildman–Crippen MR) is 65.7 cm³/mol. The van der Waals surface area contributed by atoms with Crippen molar-refractivity contribution in [2.45, 2.75) is 11.1 Å². The van der Waals surface area contributed by atoms with Crippen LogP contribution in [0.4, 0.5) is 13.2 Å². The molecule has 0 bridgehead atoms. The number of hydrogen-bond donors (Lipinski definition) is 0. The Hall–Kier alpha value is -1.41. The fourth-order valence-corrected chi connectivity index (χ4v) is 3.11. The Labute approximate surface area is 111 Å². The first-order valence-corrected chi connectivity index (χ1v) is 7.79. The molecule has 0 fully saturated rings. The number of alkyl halides is 3. The molecule has 0 unspecified atom stereocenters. The normalized spacial score (nSPS) is 12.6. The minimum absolute atomic E-state index is 0.0124. The first-order valence-electron chi connectivity index (χ1n) is 5.02. The van der Waals surface area contributed by atoms with E-state index in [2.05, 4.69) is 4.98 Å². The van der Waals surface area contributed by atoms with E-state index in [1.54, 1.807) is 6.07 Å². The molecule has 1 aromatic carbocycles. The van der Waals surface area contributed by atoms with Gasteiger partial charge in [-0.25, -0.2) is 13.4 Å². The van der Waals surface area contributed by atoms with Gasteiger partial charge < -0.3 is 0 Å². The molecule has 0 radical (unpaired) electrons. The molecule has 0 saturated heterocycles. The second-order valence-electron chi connectivity index (χ2n) is 3.80. The summed E-state index contributed by atoms with van der Waals surface area (Å²) >= 11 is 0.440. The summed E-state index contributed by atoms with van der Waals surface area (Å²) in [6.07, 6.45) is -3.52. The van der Waals surface area contributed by atoms with Crippen molar-refractivity contribution in [1.29, 1.82) is 0 Å². The predicted octanol–water partition coefficient (Wildman–Crippen LogP) is 3.23. The third-order valence-electron chi connectivity index (χ3n) is 2.31. The molecule has 3 nitrogen and oxygen atoms in total. The van der Waals surface area contributed by atoms with Gasteiger partial charge in [-0.2, -0.15) is 13.2 Å². The summed E-state index contributed by atoms with van der Waals surface area (Å²) in [5.41, 5.74) is 0.190. The fraction of sp³-hybridized carbons (Fsp3) is 0.182. The van der Waals surface area contributed by atoms with Crippen LogP contribution in [0.15, 0.2) is 34.5 Å². The summed E-state index contributed by atoms with van der Waals surface area (Å²) in [5.74, 6) is 0. The molecule has 1 heterocycles. The molecule has 8 heteroatoms. The largest absolute Gasteiger partial charge is 0.443 e. The molecule has 1 aromatic heterocycles. The average Bonchev–Trinajstić information content (AvgIpc) is 2.76. The number of benzene rings is 1. The van der Waals surface area contributed by atoms with Crippen LogP contribution in [-0.4, -0.2) is 19.7 Å². The lowest BCUT2D eigenvalue weighted by Crippen LogP contribution is -2.04. The van der Waals surface area contributed by atoms with Crippen molar-refractivity contribution in [2.24, 2.45) is 0 Å². The Kier molecular flexibility index (Phi) is 3.40. The van der Waals surface area contributed by atoms with Crippen molar-refractivity contribution >= 4 is 21.2 Å². The Morgan fingerprint density at radius 2 is 1.84 bits per heavy atom. The maximum atomic E-state index is 12.5. The van der Waals surface area contributed by atoms with Crippen LogP contribution in [0.5, 0.6) is 0 Å². The monoisotopic (exact) mass is 307 g/mol. The van der Waals surface area contributed by atoms with Crippen LogP contribution in [0, 0.1) is 0 Å². The van der Waals surface area contributed by atoms with Crippen LogP contribution >= 0.6 is 11.3 Å². The van der Waals surface area contributed by atoms with Gasteiger partial charge in [0.15, 0.2) is 14.8 Å². The summed E-state index contributed by atoms with van der Waals surface area (Å²) in [7, 11) is -3.52. The highest BCUT2D eigenvalue weighted by atomic mass is 32.2. The van der Waals surface area contributed by atoms with Crippen molar-refractivity contribution in [2.75, 3.05) is 6.26 Å². The van der Waals surface area contributed by atoms with Crippen LogP contribution in [0.1, 0.15) is 5.01 Å². The van der Waals surface area contributed by atoms with E-state index in [9.17, 15) is 21.6 Å². The number of rotatable bonds is 2. The van der Waals surface area contributed by atoms with Gasteiger partial charge in [0.2, 0.25) is 0 Å². The highest BCUT2D eigenvalue weighted by Crippen LogP contribution is 2.35. The average molecular weight is 307 g/mol. The number of sulfone groups is 1. The highest BCUT2D eigenvalue weighted by Gasteiger charge is 2.35. The van der Waals surface area contributed by atoms with Gasteiger partial charge in [-0.15, -0.1) is 11.3 Å². The van der Waals surface area contributed by atoms with Crippen molar-refractivity contribution < 1.29 is 21.6 Å². The van der Waals surface area contributed by atoms with E-state index in [0.717, 1.165) is 6.26 Å². The van der Waals surface area contributed by atoms with Crippen molar-refractivity contribution in [3.05, 3.63) is 34.7 Å². The van der Waals surface area contributed by atoms with E-state index in [0.29, 0.717) is 11.3 Å². The Balaban J connectivity index is 2.58. The maximum Gasteiger partial charge on any atom is 0.443 e. The van der Waals surface area contributed by atoms with Crippen LogP contribution in [0.3, 0.4) is 0 Å². The molecule has 0 spiro atoms. The van der Waals surface area contributed by atoms with E-state index in [-0.39, 0.29) is 16.2 Å². The number of thiazole rings is 1. The van der Waals surface area contributed by atoms with E-state index in [1.807, 2.05) is 0 Å². The quantitative estimate of drug-likeness (QED) is 0.856. The number of hydrogen-bond acceptors (Lipinski definition) is 4. The molecule has 0 aliphatic heterocycles. The van der Waals surface area contributed by atoms with Crippen LogP contribution < -0.4 is 0 Å². The number of nitrogens with zero attached hydrogens (tertiary/aromatic N) is 1. The Morgan fingerprint density at radius 3 is 2.37 bits per heavy atom. The van der Waals surface area contributed by atoms with Crippen LogP contribution in [0.2, 0.25) is 0 Å². The highest BCUT2D eigenvalue weighted by molar-refractivity contribution is 7.90. The lowest BCUT2D eigenvalue weighted by molar-refractivity contribution is -0.137. The van der Waals surface area contributed by atoms with Crippen LogP contribution in [-0.2, 0) is 16.0 Å². The zero-order chi connectivity index (χ0) is 14.3. The van der Waals surface area contributed by atoms with Crippen molar-refractivity contribution in [3.8, 4) is 11.3 Å². The first kappa shape index (κ1) is 14.0. The van der Waals surface area contributed by atoms with Crippen molar-refractivity contribution in [1.82, 2.24) is 4.98 Å². The molecule has 2 rings (SSSR count). The molecule has 2 aromatic rings. The van der Waals surface area contributed by atoms with Gasteiger partial charge >= 0.3 is 6.18 Å². The van der Waals surface area contributed by atoms with Gasteiger partial charge in [-0.3, -0.25) is 0 Å². The fourth-order valence-electron chi connectivity index (χ4n) is 1.53. The molecule has 0 amide bonds. The first-order chi connectivity index (χ1) is 8.69. The SMILES string of the molecule is CS(=O)(=O)c1ccccc1-c1csc(C(F)(F)F)n1. The third-order valence-corrected chi connectivity index (χ3v) is 4.35. The van der Waals surface area contributed by atoms with Gasteiger partial charge in [0.1, 0.15) is 0 Å². The second-order valence-corrected chi connectivity index (χ2v) is 6.65. The smallest absolute Gasteiger partial charge is 0.232 e. The molecule has 0 aliphatic rings. The summed E-state index contributed by atoms with van der Waals surface area (Å²) in [6.45, 7) is 0. The number of halogens is 3. The van der Waals surface area contributed by atoms with E-state index >= 15 is 0 Å². The zero-order valence-electron chi connectivity index (χ0n) is 9.60. The molecular formula is C11H8F3NO2S2. The van der Waals surface area contributed by atoms with E-state index < -0.39 is 21.0 Å². The van der Waals surface area contributed by atoms with Gasteiger partial charge in [-0.05, 0) is 6.07 Å². The molecular weight excluding hydrogens is 299 g/mol. The van der Waals surface area contributed by atoms with Gasteiger partial charge in [0.25, 0.3) is 0 Å². The van der Waals surface area contributed by atoms with E-state index in [4.69, 9.17) is 0 Å². The molecule has 0 atom stereocenters. The summed E-state index contributed by atoms with van der Waals surface area (Å²) in [6, 6.07) is 5.84. The van der Waals surface area contributed by atoms with Crippen LogP contribution in [0.25, 0.3) is 11.3 Å². The molecule has 102 valence electrons. The summed E-state index contributed by atoms with van der Waals surface area (Å²) < 4.78 is 60.6. The molecule has 0 saturated carbocycles. The number of aromatic nitrogens is 1. The van der Waals surface area contributed by atoms with E-state index in [1.165, 1.54) is 23.6 Å². The molecule has 19 heavy (non-hydrogen) atoms.